The zero-order valence-corrected chi connectivity index (χ0v) is 11.0. The summed E-state index contributed by atoms with van der Waals surface area (Å²) in [7, 11) is 0. The number of hydrogen-bond acceptors (Lipinski definition) is 4. The van der Waals surface area contributed by atoms with Crippen molar-refractivity contribution >= 4 is 28.5 Å². The van der Waals surface area contributed by atoms with E-state index in [0.717, 1.165) is 15.5 Å². The largest absolute Gasteiger partial charge is 0.410 e. The number of oxime groups is 1. The van der Waals surface area contributed by atoms with E-state index >= 15 is 0 Å². The van der Waals surface area contributed by atoms with Crippen LogP contribution in [0.25, 0.3) is 0 Å². The molecule has 0 aliphatic carbocycles. The monoisotopic (exact) mass is 278 g/mol. The van der Waals surface area contributed by atoms with Gasteiger partial charge in [0.1, 0.15) is 10.2 Å². The summed E-state index contributed by atoms with van der Waals surface area (Å²) < 4.78 is 0. The Hall–Kier alpha value is -1.52. The Labute approximate surface area is 115 Å². The van der Waals surface area contributed by atoms with Crippen LogP contribution in [0.1, 0.15) is 5.56 Å². The van der Waals surface area contributed by atoms with E-state index in [2.05, 4.69) is 10.1 Å². The van der Waals surface area contributed by atoms with Crippen LogP contribution < -0.4 is 0 Å². The Morgan fingerprint density at radius 1 is 1.22 bits per heavy atom. The second-order valence-electron chi connectivity index (χ2n) is 3.57. The van der Waals surface area contributed by atoms with E-state index in [-0.39, 0.29) is 5.17 Å². The molecule has 18 heavy (non-hydrogen) atoms. The molecule has 5 heteroatoms. The van der Waals surface area contributed by atoms with E-state index in [0.29, 0.717) is 6.42 Å². The molecule has 0 saturated carbocycles. The lowest BCUT2D eigenvalue weighted by Gasteiger charge is -2.02. The van der Waals surface area contributed by atoms with Crippen molar-refractivity contribution in [2.75, 3.05) is 0 Å². The molecule has 0 aliphatic heterocycles. The van der Waals surface area contributed by atoms with Gasteiger partial charge in [0.05, 0.1) is 0 Å². The summed E-state index contributed by atoms with van der Waals surface area (Å²) in [6.07, 6.45) is 2.13. The fourth-order valence-corrected chi connectivity index (χ4v) is 2.32. The Balaban J connectivity index is 2.04. The summed E-state index contributed by atoms with van der Waals surface area (Å²) in [4.78, 5) is 5.48. The molecule has 2 rings (SSSR count). The zero-order chi connectivity index (χ0) is 12.8. The van der Waals surface area contributed by atoms with Gasteiger partial charge in [0.25, 0.3) is 0 Å². The Bertz CT molecular complexity index is 528. The molecular formula is C13H11ClN2OS. The van der Waals surface area contributed by atoms with Crippen LogP contribution in [0.2, 0.25) is 0 Å². The summed E-state index contributed by atoms with van der Waals surface area (Å²) in [5.41, 5.74) is 0.912. The maximum absolute atomic E-state index is 8.48. The molecule has 0 fully saturated rings. The number of aromatic nitrogens is 1. The third-order valence-corrected chi connectivity index (χ3v) is 3.39. The molecular weight excluding hydrogens is 268 g/mol. The lowest BCUT2D eigenvalue weighted by molar-refractivity contribution is 0.319. The number of halogens is 1. The van der Waals surface area contributed by atoms with E-state index in [1.807, 2.05) is 42.5 Å². The van der Waals surface area contributed by atoms with Gasteiger partial charge in [-0.2, -0.15) is 0 Å². The minimum absolute atomic E-state index is 0.153. The predicted molar refractivity (Wildman–Crippen MR) is 73.6 cm³/mol. The third kappa shape index (κ3) is 3.75. The predicted octanol–water partition coefficient (Wildman–Crippen LogP) is 3.80. The Morgan fingerprint density at radius 3 is 2.61 bits per heavy atom. The normalized spacial score (nSPS) is 11.5. The van der Waals surface area contributed by atoms with Crippen molar-refractivity contribution in [3.63, 3.8) is 0 Å². The molecule has 0 unspecified atom stereocenters. The van der Waals surface area contributed by atoms with Crippen molar-refractivity contribution in [3.8, 4) is 0 Å². The van der Waals surface area contributed by atoms with Crippen LogP contribution in [-0.4, -0.2) is 15.4 Å². The van der Waals surface area contributed by atoms with Crippen LogP contribution >= 0.6 is 23.4 Å². The average Bonchev–Trinajstić information content (AvgIpc) is 2.42. The van der Waals surface area contributed by atoms with Crippen molar-refractivity contribution in [1.29, 1.82) is 0 Å². The molecule has 0 spiro atoms. The summed E-state index contributed by atoms with van der Waals surface area (Å²) in [6, 6.07) is 13.9. The van der Waals surface area contributed by atoms with E-state index in [1.165, 1.54) is 0 Å². The highest BCUT2D eigenvalue weighted by Gasteiger charge is 2.01. The third-order valence-electron chi connectivity index (χ3n) is 2.22. The maximum atomic E-state index is 8.48. The first-order chi connectivity index (χ1) is 8.78. The van der Waals surface area contributed by atoms with Crippen LogP contribution in [0.15, 0.2) is 63.7 Å². The zero-order valence-electron chi connectivity index (χ0n) is 9.45. The van der Waals surface area contributed by atoms with Gasteiger partial charge in [-0.05, 0) is 23.8 Å². The molecule has 2 aromatic rings. The van der Waals surface area contributed by atoms with Crippen LogP contribution in [0.3, 0.4) is 0 Å². The molecule has 1 aromatic carbocycles. The molecule has 92 valence electrons. The molecule has 0 bridgehead atoms. The smallest absolute Gasteiger partial charge is 0.149 e. The molecule has 3 nitrogen and oxygen atoms in total. The second-order valence-corrected chi connectivity index (χ2v) is 5.10. The van der Waals surface area contributed by atoms with Crippen LogP contribution in [0, 0.1) is 0 Å². The molecule has 0 atom stereocenters. The minimum atomic E-state index is 0.153. The van der Waals surface area contributed by atoms with Crippen LogP contribution in [0.4, 0.5) is 0 Å². The first-order valence-corrected chi connectivity index (χ1v) is 6.51. The van der Waals surface area contributed by atoms with Gasteiger partial charge in [-0.15, -0.1) is 0 Å². The van der Waals surface area contributed by atoms with Crippen molar-refractivity contribution in [1.82, 2.24) is 4.98 Å². The van der Waals surface area contributed by atoms with Gasteiger partial charge in [-0.3, -0.25) is 0 Å². The second kappa shape index (κ2) is 6.42. The van der Waals surface area contributed by atoms with E-state index in [9.17, 15) is 0 Å². The molecule has 1 N–H and O–H groups in total. The lowest BCUT2D eigenvalue weighted by atomic mass is 10.2. The molecule has 0 radical (unpaired) electrons. The summed E-state index contributed by atoms with van der Waals surface area (Å²) >= 11 is 7.23. The van der Waals surface area contributed by atoms with Crippen LogP contribution in [-0.2, 0) is 6.42 Å². The van der Waals surface area contributed by atoms with Crippen molar-refractivity contribution in [2.45, 2.75) is 16.3 Å². The van der Waals surface area contributed by atoms with Gasteiger partial charge in [-0.1, -0.05) is 52.8 Å². The minimum Gasteiger partial charge on any atom is -0.410 e. The van der Waals surface area contributed by atoms with Gasteiger partial charge < -0.3 is 5.21 Å². The van der Waals surface area contributed by atoms with Gasteiger partial charge in [0.15, 0.2) is 0 Å². The number of rotatable bonds is 4. The molecule has 1 heterocycles. The first-order valence-electron chi connectivity index (χ1n) is 5.32. The van der Waals surface area contributed by atoms with Gasteiger partial charge in [0.2, 0.25) is 0 Å². The Morgan fingerprint density at radius 2 is 2.00 bits per heavy atom. The fraction of sp³-hybridized carbons (Fsp3) is 0.0769. The SMILES string of the molecule is ON=C(Cl)Cc1ccc(Sc2ccccc2)nc1. The molecule has 0 aliphatic rings. The lowest BCUT2D eigenvalue weighted by Crippen LogP contribution is -1.95. The summed E-state index contributed by atoms with van der Waals surface area (Å²) in [5, 5.41) is 12.5. The Kier molecular flexibility index (Phi) is 4.61. The first kappa shape index (κ1) is 12.9. The summed E-state index contributed by atoms with van der Waals surface area (Å²) in [6.45, 7) is 0. The highest BCUT2D eigenvalue weighted by molar-refractivity contribution is 7.99. The quantitative estimate of drug-likeness (QED) is 0.526. The highest BCUT2D eigenvalue weighted by Crippen LogP contribution is 2.25. The van der Waals surface area contributed by atoms with E-state index < -0.39 is 0 Å². The van der Waals surface area contributed by atoms with Gasteiger partial charge in [-0.25, -0.2) is 4.98 Å². The topological polar surface area (TPSA) is 45.5 Å². The number of nitrogens with zero attached hydrogens (tertiary/aromatic N) is 2. The summed E-state index contributed by atoms with van der Waals surface area (Å²) in [5.74, 6) is 0. The molecule has 0 amide bonds. The number of hydrogen-bond donors (Lipinski definition) is 1. The molecule has 1 aromatic heterocycles. The van der Waals surface area contributed by atoms with Crippen molar-refractivity contribution < 1.29 is 5.21 Å². The fourth-order valence-electron chi connectivity index (χ4n) is 1.39. The van der Waals surface area contributed by atoms with E-state index in [1.54, 1.807) is 18.0 Å². The van der Waals surface area contributed by atoms with E-state index in [4.69, 9.17) is 16.8 Å². The van der Waals surface area contributed by atoms with Crippen molar-refractivity contribution in [3.05, 3.63) is 54.2 Å². The maximum Gasteiger partial charge on any atom is 0.149 e. The number of pyridine rings is 1. The van der Waals surface area contributed by atoms with Gasteiger partial charge in [0, 0.05) is 17.5 Å². The number of benzene rings is 1. The van der Waals surface area contributed by atoms with Crippen molar-refractivity contribution in [2.24, 2.45) is 5.16 Å². The highest BCUT2D eigenvalue weighted by atomic mass is 35.5. The van der Waals surface area contributed by atoms with Gasteiger partial charge >= 0.3 is 0 Å². The standard InChI is InChI=1S/C13H11ClN2OS/c14-12(16-17)8-10-6-7-13(15-9-10)18-11-4-2-1-3-5-11/h1-7,9,17H,8H2. The van der Waals surface area contributed by atoms with Crippen LogP contribution in [0.5, 0.6) is 0 Å². The average molecular weight is 279 g/mol. The molecule has 0 saturated heterocycles.